The number of carbonyl (C=O) groups is 1. The van der Waals surface area contributed by atoms with E-state index in [2.05, 4.69) is 30.4 Å². The van der Waals surface area contributed by atoms with Crippen molar-refractivity contribution in [1.29, 1.82) is 0 Å². The van der Waals surface area contributed by atoms with Crippen molar-refractivity contribution < 1.29 is 4.79 Å². The topological polar surface area (TPSA) is 101 Å². The standard InChI is InChI=1S/C16H13N7O/c24-16(11-3-4-13-14(6-11)21-9-20-13)19-7-12-2-1-5-18-15(12)23-10-17-8-22-23/h1-6,8-10H,7H2,(H,19,24)(H,20,21). The van der Waals surface area contributed by atoms with Crippen molar-refractivity contribution >= 4 is 16.9 Å². The van der Waals surface area contributed by atoms with Gasteiger partial charge in [-0.05, 0) is 24.3 Å². The van der Waals surface area contributed by atoms with Crippen LogP contribution in [0.25, 0.3) is 16.9 Å². The van der Waals surface area contributed by atoms with E-state index < -0.39 is 0 Å². The van der Waals surface area contributed by atoms with Crippen LogP contribution in [0.4, 0.5) is 0 Å². The molecule has 8 nitrogen and oxygen atoms in total. The molecule has 8 heteroatoms. The zero-order chi connectivity index (χ0) is 16.4. The molecule has 0 bridgehead atoms. The molecule has 0 saturated heterocycles. The maximum absolute atomic E-state index is 12.4. The first kappa shape index (κ1) is 14.1. The van der Waals surface area contributed by atoms with Crippen molar-refractivity contribution in [3.8, 4) is 5.82 Å². The lowest BCUT2D eigenvalue weighted by molar-refractivity contribution is 0.0951. The second kappa shape index (κ2) is 5.92. The van der Waals surface area contributed by atoms with Crippen molar-refractivity contribution in [2.45, 2.75) is 6.54 Å². The minimum absolute atomic E-state index is 0.167. The summed E-state index contributed by atoms with van der Waals surface area (Å²) in [4.78, 5) is 27.7. The summed E-state index contributed by atoms with van der Waals surface area (Å²) in [5.41, 5.74) is 3.07. The molecule has 0 aliphatic carbocycles. The molecule has 24 heavy (non-hydrogen) atoms. The smallest absolute Gasteiger partial charge is 0.251 e. The molecule has 0 fully saturated rings. The van der Waals surface area contributed by atoms with Gasteiger partial charge >= 0.3 is 0 Å². The van der Waals surface area contributed by atoms with Gasteiger partial charge in [-0.25, -0.2) is 19.6 Å². The van der Waals surface area contributed by atoms with Crippen LogP contribution < -0.4 is 5.32 Å². The number of amides is 1. The van der Waals surface area contributed by atoms with Gasteiger partial charge < -0.3 is 10.3 Å². The Balaban J connectivity index is 1.53. The van der Waals surface area contributed by atoms with Crippen LogP contribution in [0.2, 0.25) is 0 Å². The number of H-pyrrole nitrogens is 1. The van der Waals surface area contributed by atoms with Crippen molar-refractivity contribution in [2.75, 3.05) is 0 Å². The second-order valence-electron chi connectivity index (χ2n) is 5.14. The number of fused-ring (bicyclic) bond motifs is 1. The van der Waals surface area contributed by atoms with Crippen LogP contribution in [0.3, 0.4) is 0 Å². The Hall–Kier alpha value is -3.55. The second-order valence-corrected chi connectivity index (χ2v) is 5.14. The Labute approximate surface area is 136 Å². The van der Waals surface area contributed by atoms with Crippen LogP contribution >= 0.6 is 0 Å². The van der Waals surface area contributed by atoms with Gasteiger partial charge in [-0.1, -0.05) is 6.07 Å². The van der Waals surface area contributed by atoms with Gasteiger partial charge in [0.05, 0.1) is 17.4 Å². The van der Waals surface area contributed by atoms with Crippen LogP contribution in [0, 0.1) is 0 Å². The summed E-state index contributed by atoms with van der Waals surface area (Å²) in [6.45, 7) is 0.336. The highest BCUT2D eigenvalue weighted by Gasteiger charge is 2.10. The van der Waals surface area contributed by atoms with Gasteiger partial charge in [0.25, 0.3) is 5.91 Å². The first-order valence-corrected chi connectivity index (χ1v) is 7.31. The molecule has 2 N–H and O–H groups in total. The summed E-state index contributed by atoms with van der Waals surface area (Å²) in [5.74, 6) is 0.471. The minimum Gasteiger partial charge on any atom is -0.348 e. The molecule has 1 amide bonds. The minimum atomic E-state index is -0.167. The molecule has 0 aliphatic rings. The third-order valence-corrected chi connectivity index (χ3v) is 3.63. The van der Waals surface area contributed by atoms with Gasteiger partial charge in [0.1, 0.15) is 12.7 Å². The number of nitrogens with one attached hydrogen (secondary N) is 2. The normalized spacial score (nSPS) is 10.8. The SMILES string of the molecule is O=C(NCc1cccnc1-n1cncn1)c1ccc2nc[nH]c2c1. The van der Waals surface area contributed by atoms with Crippen molar-refractivity contribution in [3.63, 3.8) is 0 Å². The van der Waals surface area contributed by atoms with E-state index in [1.165, 1.54) is 6.33 Å². The van der Waals surface area contributed by atoms with E-state index in [0.717, 1.165) is 16.6 Å². The molecule has 3 heterocycles. The highest BCUT2D eigenvalue weighted by molar-refractivity contribution is 5.97. The lowest BCUT2D eigenvalue weighted by Gasteiger charge is -2.09. The van der Waals surface area contributed by atoms with Gasteiger partial charge in [-0.2, -0.15) is 5.10 Å². The molecule has 0 unspecified atom stereocenters. The molecular formula is C16H13N7O. The van der Waals surface area contributed by atoms with E-state index in [4.69, 9.17) is 0 Å². The molecular weight excluding hydrogens is 306 g/mol. The maximum Gasteiger partial charge on any atom is 0.251 e. The largest absolute Gasteiger partial charge is 0.348 e. The molecule has 118 valence electrons. The quantitative estimate of drug-likeness (QED) is 0.593. The first-order valence-electron chi connectivity index (χ1n) is 7.31. The van der Waals surface area contributed by atoms with Crippen molar-refractivity contribution in [3.05, 3.63) is 66.6 Å². The Bertz CT molecular complexity index is 991. The average molecular weight is 319 g/mol. The zero-order valence-corrected chi connectivity index (χ0v) is 12.5. The summed E-state index contributed by atoms with van der Waals surface area (Å²) >= 11 is 0. The van der Waals surface area contributed by atoms with Gasteiger partial charge in [-0.3, -0.25) is 4.79 Å². The molecule has 4 aromatic rings. The van der Waals surface area contributed by atoms with Crippen LogP contribution in [-0.4, -0.2) is 35.6 Å². The van der Waals surface area contributed by atoms with Crippen LogP contribution in [0.5, 0.6) is 0 Å². The summed E-state index contributed by atoms with van der Waals surface area (Å²) in [6.07, 6.45) is 6.29. The molecule has 0 saturated carbocycles. The molecule has 0 atom stereocenters. The molecule has 4 rings (SSSR count). The molecule has 1 aromatic carbocycles. The lowest BCUT2D eigenvalue weighted by atomic mass is 10.2. The van der Waals surface area contributed by atoms with E-state index in [1.807, 2.05) is 18.2 Å². The van der Waals surface area contributed by atoms with Gasteiger partial charge in [0.2, 0.25) is 0 Å². The monoisotopic (exact) mass is 319 g/mol. The Kier molecular flexibility index (Phi) is 3.47. The van der Waals surface area contributed by atoms with Crippen molar-refractivity contribution in [2.24, 2.45) is 0 Å². The molecule has 0 radical (unpaired) electrons. The zero-order valence-electron chi connectivity index (χ0n) is 12.5. The summed E-state index contributed by atoms with van der Waals surface area (Å²) in [6, 6.07) is 9.05. The first-order chi connectivity index (χ1) is 11.8. The highest BCUT2D eigenvalue weighted by atomic mass is 16.1. The predicted molar refractivity (Wildman–Crippen MR) is 86.4 cm³/mol. The predicted octanol–water partition coefficient (Wildman–Crippen LogP) is 1.47. The fraction of sp³-hybridized carbons (Fsp3) is 0.0625. The maximum atomic E-state index is 12.4. The summed E-state index contributed by atoms with van der Waals surface area (Å²) < 4.78 is 1.57. The number of pyridine rings is 1. The third-order valence-electron chi connectivity index (χ3n) is 3.63. The molecule has 0 aliphatic heterocycles. The van der Waals surface area contributed by atoms with Gasteiger partial charge in [-0.15, -0.1) is 0 Å². The molecule has 0 spiro atoms. The highest BCUT2D eigenvalue weighted by Crippen LogP contribution is 2.13. The number of rotatable bonds is 4. The Morgan fingerprint density at radius 2 is 2.21 bits per heavy atom. The number of imidazole rings is 1. The summed E-state index contributed by atoms with van der Waals surface area (Å²) in [7, 11) is 0. The third kappa shape index (κ3) is 2.60. The molecule has 3 aromatic heterocycles. The van der Waals surface area contributed by atoms with Crippen molar-refractivity contribution in [1.82, 2.24) is 35.0 Å². The number of aromatic nitrogens is 6. The Morgan fingerprint density at radius 1 is 1.25 bits per heavy atom. The fourth-order valence-electron chi connectivity index (χ4n) is 2.45. The number of nitrogens with zero attached hydrogens (tertiary/aromatic N) is 5. The lowest BCUT2D eigenvalue weighted by Crippen LogP contribution is -2.23. The van der Waals surface area contributed by atoms with Crippen LogP contribution in [-0.2, 0) is 6.54 Å². The number of hydrogen-bond acceptors (Lipinski definition) is 5. The van der Waals surface area contributed by atoms with E-state index in [-0.39, 0.29) is 5.91 Å². The number of carbonyl (C=O) groups excluding carboxylic acids is 1. The van der Waals surface area contributed by atoms with E-state index in [0.29, 0.717) is 17.9 Å². The average Bonchev–Trinajstić information content (AvgIpc) is 3.30. The number of aromatic amines is 1. The van der Waals surface area contributed by atoms with Gasteiger partial charge in [0, 0.05) is 23.9 Å². The van der Waals surface area contributed by atoms with Gasteiger partial charge in [0.15, 0.2) is 5.82 Å². The Morgan fingerprint density at radius 3 is 3.08 bits per heavy atom. The fourth-order valence-corrected chi connectivity index (χ4v) is 2.45. The van der Waals surface area contributed by atoms with Crippen LogP contribution in [0.15, 0.2) is 55.5 Å². The van der Waals surface area contributed by atoms with E-state index in [9.17, 15) is 4.79 Å². The van der Waals surface area contributed by atoms with E-state index >= 15 is 0 Å². The number of hydrogen-bond donors (Lipinski definition) is 2. The van der Waals surface area contributed by atoms with Crippen LogP contribution in [0.1, 0.15) is 15.9 Å². The summed E-state index contributed by atoms with van der Waals surface area (Å²) in [5, 5.41) is 6.98. The number of benzene rings is 1. The van der Waals surface area contributed by atoms with E-state index in [1.54, 1.807) is 35.7 Å².